The van der Waals surface area contributed by atoms with Crippen LogP contribution in [-0.4, -0.2) is 48.2 Å². The second kappa shape index (κ2) is 5.98. The van der Waals surface area contributed by atoms with Crippen LogP contribution >= 0.6 is 0 Å². The third kappa shape index (κ3) is 4.07. The number of hydrogen-bond acceptors (Lipinski definition) is 3. The van der Waals surface area contributed by atoms with E-state index in [2.05, 4.69) is 10.2 Å². The second-order valence-corrected chi connectivity index (χ2v) is 3.80. The third-order valence-corrected chi connectivity index (χ3v) is 2.51. The summed E-state index contributed by atoms with van der Waals surface area (Å²) in [7, 11) is 0. The zero-order valence-corrected chi connectivity index (χ0v) is 8.83. The van der Waals surface area contributed by atoms with Crippen LogP contribution in [-0.2, 0) is 4.79 Å². The van der Waals surface area contributed by atoms with E-state index in [9.17, 15) is 9.90 Å². The quantitative estimate of drug-likeness (QED) is 0.670. The monoisotopic (exact) mass is 200 g/mol. The summed E-state index contributed by atoms with van der Waals surface area (Å²) in [4.78, 5) is 13.3. The Kier molecular flexibility index (Phi) is 4.90. The lowest BCUT2D eigenvalue weighted by Crippen LogP contribution is -2.40. The van der Waals surface area contributed by atoms with Gasteiger partial charge in [0.1, 0.15) is 0 Å². The number of aliphatic hydroxyl groups excluding tert-OH is 1. The highest BCUT2D eigenvalue weighted by atomic mass is 16.3. The van der Waals surface area contributed by atoms with E-state index in [0.717, 1.165) is 32.5 Å². The fraction of sp³-hybridized carbons (Fsp3) is 0.900. The normalized spacial score (nSPS) is 23.4. The van der Waals surface area contributed by atoms with Crippen LogP contribution in [0.1, 0.15) is 26.2 Å². The maximum Gasteiger partial charge on any atom is 0.221 e. The zero-order chi connectivity index (χ0) is 10.4. The standard InChI is InChI=1S/C10H20N2O2/c1-2-11-10(14)5-7-12-6-3-4-9(13)8-12/h9,13H,2-8H2,1H3,(H,11,14). The molecule has 0 bridgehead atoms. The van der Waals surface area contributed by atoms with Gasteiger partial charge in [-0.3, -0.25) is 4.79 Å². The number of carbonyl (C=O) groups excluding carboxylic acids is 1. The van der Waals surface area contributed by atoms with E-state index in [1.54, 1.807) is 0 Å². The SMILES string of the molecule is CCNC(=O)CCN1CCCC(O)C1. The number of rotatable bonds is 4. The first-order valence-electron chi connectivity index (χ1n) is 5.39. The molecule has 1 heterocycles. The van der Waals surface area contributed by atoms with Crippen molar-refractivity contribution >= 4 is 5.91 Å². The van der Waals surface area contributed by atoms with Crippen molar-refractivity contribution < 1.29 is 9.90 Å². The molecule has 1 amide bonds. The number of aliphatic hydroxyl groups is 1. The Balaban J connectivity index is 2.14. The van der Waals surface area contributed by atoms with Gasteiger partial charge in [-0.1, -0.05) is 0 Å². The molecule has 1 saturated heterocycles. The van der Waals surface area contributed by atoms with Crippen LogP contribution in [0.25, 0.3) is 0 Å². The predicted octanol–water partition coefficient (Wildman–Crippen LogP) is -0.0307. The van der Waals surface area contributed by atoms with Crippen LogP contribution in [0.3, 0.4) is 0 Å². The molecule has 0 saturated carbocycles. The summed E-state index contributed by atoms with van der Waals surface area (Å²) in [6.07, 6.45) is 2.28. The minimum Gasteiger partial charge on any atom is -0.392 e. The second-order valence-electron chi connectivity index (χ2n) is 3.80. The molecular weight excluding hydrogens is 180 g/mol. The van der Waals surface area contributed by atoms with E-state index in [1.807, 2.05) is 6.92 Å². The molecule has 0 radical (unpaired) electrons. The minimum atomic E-state index is -0.196. The Morgan fingerprint density at radius 2 is 2.43 bits per heavy atom. The molecule has 1 atom stereocenters. The van der Waals surface area contributed by atoms with E-state index in [-0.39, 0.29) is 12.0 Å². The van der Waals surface area contributed by atoms with E-state index in [1.165, 1.54) is 0 Å². The van der Waals surface area contributed by atoms with Crippen molar-refractivity contribution in [1.29, 1.82) is 0 Å². The molecule has 1 aliphatic rings. The van der Waals surface area contributed by atoms with E-state index in [0.29, 0.717) is 13.0 Å². The highest BCUT2D eigenvalue weighted by Gasteiger charge is 2.17. The zero-order valence-electron chi connectivity index (χ0n) is 8.83. The average Bonchev–Trinajstić information content (AvgIpc) is 2.15. The van der Waals surface area contributed by atoms with Crippen molar-refractivity contribution in [3.8, 4) is 0 Å². The maximum absolute atomic E-state index is 11.2. The average molecular weight is 200 g/mol. The molecule has 1 unspecified atom stereocenters. The number of amides is 1. The first-order valence-corrected chi connectivity index (χ1v) is 5.39. The smallest absolute Gasteiger partial charge is 0.221 e. The fourth-order valence-corrected chi connectivity index (χ4v) is 1.78. The first-order chi connectivity index (χ1) is 6.72. The van der Waals surface area contributed by atoms with Gasteiger partial charge in [0.05, 0.1) is 6.10 Å². The Labute approximate surface area is 85.3 Å². The Bertz CT molecular complexity index is 185. The molecule has 1 rings (SSSR count). The topological polar surface area (TPSA) is 52.6 Å². The maximum atomic E-state index is 11.2. The minimum absolute atomic E-state index is 0.104. The van der Waals surface area contributed by atoms with Gasteiger partial charge in [0.25, 0.3) is 0 Å². The molecule has 1 fully saturated rings. The van der Waals surface area contributed by atoms with Gasteiger partial charge >= 0.3 is 0 Å². The molecule has 0 spiro atoms. The van der Waals surface area contributed by atoms with Crippen LogP contribution in [0, 0.1) is 0 Å². The highest BCUT2D eigenvalue weighted by molar-refractivity contribution is 5.75. The summed E-state index contributed by atoms with van der Waals surface area (Å²) in [5, 5.41) is 12.2. The lowest BCUT2D eigenvalue weighted by Gasteiger charge is -2.29. The van der Waals surface area contributed by atoms with Crippen LogP contribution < -0.4 is 5.32 Å². The van der Waals surface area contributed by atoms with Crippen molar-refractivity contribution in [3.05, 3.63) is 0 Å². The lowest BCUT2D eigenvalue weighted by atomic mass is 10.1. The largest absolute Gasteiger partial charge is 0.392 e. The number of nitrogens with zero attached hydrogens (tertiary/aromatic N) is 1. The molecule has 4 nitrogen and oxygen atoms in total. The van der Waals surface area contributed by atoms with Crippen LogP contribution in [0.5, 0.6) is 0 Å². The van der Waals surface area contributed by atoms with Gasteiger partial charge in [0.15, 0.2) is 0 Å². The van der Waals surface area contributed by atoms with Crippen molar-refractivity contribution in [3.63, 3.8) is 0 Å². The predicted molar refractivity (Wildman–Crippen MR) is 55.0 cm³/mol. The Morgan fingerprint density at radius 1 is 1.64 bits per heavy atom. The summed E-state index contributed by atoms with van der Waals surface area (Å²) in [6, 6.07) is 0. The lowest BCUT2D eigenvalue weighted by molar-refractivity contribution is -0.121. The molecular formula is C10H20N2O2. The van der Waals surface area contributed by atoms with E-state index in [4.69, 9.17) is 0 Å². The number of carbonyl (C=O) groups is 1. The van der Waals surface area contributed by atoms with E-state index < -0.39 is 0 Å². The number of likely N-dealkylation sites (tertiary alicyclic amines) is 1. The van der Waals surface area contributed by atoms with Gasteiger partial charge in [0.2, 0.25) is 5.91 Å². The summed E-state index contributed by atoms with van der Waals surface area (Å²) in [5.74, 6) is 0.104. The molecule has 4 heteroatoms. The van der Waals surface area contributed by atoms with Crippen LogP contribution in [0.2, 0.25) is 0 Å². The molecule has 14 heavy (non-hydrogen) atoms. The molecule has 2 N–H and O–H groups in total. The van der Waals surface area contributed by atoms with Gasteiger partial charge in [-0.05, 0) is 26.3 Å². The summed E-state index contributed by atoms with van der Waals surface area (Å²) in [5.41, 5.74) is 0. The Morgan fingerprint density at radius 3 is 3.07 bits per heavy atom. The summed E-state index contributed by atoms with van der Waals surface area (Å²) in [6.45, 7) is 5.11. The van der Waals surface area contributed by atoms with Crippen molar-refractivity contribution in [2.24, 2.45) is 0 Å². The summed E-state index contributed by atoms with van der Waals surface area (Å²) >= 11 is 0. The van der Waals surface area contributed by atoms with Crippen molar-refractivity contribution in [1.82, 2.24) is 10.2 Å². The van der Waals surface area contributed by atoms with Gasteiger partial charge in [0, 0.05) is 26.1 Å². The van der Waals surface area contributed by atoms with Gasteiger partial charge in [-0.25, -0.2) is 0 Å². The van der Waals surface area contributed by atoms with Crippen LogP contribution in [0.15, 0.2) is 0 Å². The molecule has 0 aromatic carbocycles. The molecule has 0 aromatic heterocycles. The van der Waals surface area contributed by atoms with Gasteiger partial charge in [-0.2, -0.15) is 0 Å². The Hall–Kier alpha value is -0.610. The van der Waals surface area contributed by atoms with Gasteiger partial charge in [-0.15, -0.1) is 0 Å². The number of hydrogen-bond donors (Lipinski definition) is 2. The highest BCUT2D eigenvalue weighted by Crippen LogP contribution is 2.09. The van der Waals surface area contributed by atoms with Crippen molar-refractivity contribution in [2.75, 3.05) is 26.2 Å². The third-order valence-electron chi connectivity index (χ3n) is 2.51. The number of β-amino-alcohol motifs (C(OH)–C–C–N with tert-alkyl or cyclic N) is 1. The molecule has 0 aromatic rings. The van der Waals surface area contributed by atoms with E-state index >= 15 is 0 Å². The molecule has 82 valence electrons. The summed E-state index contributed by atoms with van der Waals surface area (Å²) < 4.78 is 0. The number of piperidine rings is 1. The molecule has 1 aliphatic heterocycles. The molecule has 0 aliphatic carbocycles. The fourth-order valence-electron chi connectivity index (χ4n) is 1.78. The number of nitrogens with one attached hydrogen (secondary N) is 1. The van der Waals surface area contributed by atoms with Gasteiger partial charge < -0.3 is 15.3 Å². The van der Waals surface area contributed by atoms with Crippen LogP contribution in [0.4, 0.5) is 0 Å². The van der Waals surface area contributed by atoms with Crippen molar-refractivity contribution in [2.45, 2.75) is 32.3 Å². The first kappa shape index (κ1) is 11.5.